The lowest BCUT2D eigenvalue weighted by molar-refractivity contribution is 0.304. The molecule has 2 aromatic carbocycles. The molecule has 0 fully saturated rings. The molecule has 0 atom stereocenters. The summed E-state index contributed by atoms with van der Waals surface area (Å²) in [5.74, 6) is 0.977. The SMILES string of the molecule is CN(C)CCCCCCCCCCOc1ccc(-c2ccccc2)cc1. The molecule has 0 N–H and O–H groups in total. The van der Waals surface area contributed by atoms with Gasteiger partial charge in [-0.3, -0.25) is 0 Å². The normalized spacial score (nSPS) is 11.0. The first-order chi connectivity index (χ1) is 12.8. The van der Waals surface area contributed by atoms with Crippen LogP contribution < -0.4 is 4.74 Å². The second kappa shape index (κ2) is 12.5. The van der Waals surface area contributed by atoms with Gasteiger partial charge in [0.25, 0.3) is 0 Å². The summed E-state index contributed by atoms with van der Waals surface area (Å²) in [4.78, 5) is 2.27. The van der Waals surface area contributed by atoms with Crippen molar-refractivity contribution in [2.75, 3.05) is 27.2 Å². The Morgan fingerprint density at radius 2 is 1.15 bits per heavy atom. The van der Waals surface area contributed by atoms with E-state index in [4.69, 9.17) is 4.74 Å². The second-order valence-electron chi connectivity index (χ2n) is 7.37. The maximum atomic E-state index is 5.87. The lowest BCUT2D eigenvalue weighted by Gasteiger charge is -2.09. The molecule has 2 nitrogen and oxygen atoms in total. The number of nitrogens with zero attached hydrogens (tertiary/aromatic N) is 1. The van der Waals surface area contributed by atoms with Gasteiger partial charge in [-0.25, -0.2) is 0 Å². The van der Waals surface area contributed by atoms with Crippen LogP contribution in [0.25, 0.3) is 11.1 Å². The molecular weight excluding hydrogens is 318 g/mol. The van der Waals surface area contributed by atoms with Gasteiger partial charge < -0.3 is 9.64 Å². The van der Waals surface area contributed by atoms with Crippen molar-refractivity contribution in [2.45, 2.75) is 51.4 Å². The molecule has 0 aromatic heterocycles. The van der Waals surface area contributed by atoms with Gasteiger partial charge in [-0.15, -0.1) is 0 Å². The number of benzene rings is 2. The van der Waals surface area contributed by atoms with Crippen molar-refractivity contribution in [2.24, 2.45) is 0 Å². The van der Waals surface area contributed by atoms with E-state index in [2.05, 4.69) is 67.5 Å². The van der Waals surface area contributed by atoms with E-state index in [0.717, 1.165) is 18.8 Å². The van der Waals surface area contributed by atoms with Gasteiger partial charge in [0.15, 0.2) is 0 Å². The maximum Gasteiger partial charge on any atom is 0.119 e. The monoisotopic (exact) mass is 353 g/mol. The Balaban J connectivity index is 1.49. The quantitative estimate of drug-likeness (QED) is 0.385. The molecule has 0 heterocycles. The number of hydrogen-bond acceptors (Lipinski definition) is 2. The van der Waals surface area contributed by atoms with E-state index in [1.807, 2.05) is 6.07 Å². The van der Waals surface area contributed by atoms with Gasteiger partial charge in [0.1, 0.15) is 5.75 Å². The summed E-state index contributed by atoms with van der Waals surface area (Å²) in [6.45, 7) is 2.05. The van der Waals surface area contributed by atoms with E-state index in [9.17, 15) is 0 Å². The molecule has 26 heavy (non-hydrogen) atoms. The molecule has 0 saturated carbocycles. The van der Waals surface area contributed by atoms with Crippen molar-refractivity contribution in [1.82, 2.24) is 4.90 Å². The molecule has 0 unspecified atom stereocenters. The highest BCUT2D eigenvalue weighted by Gasteiger charge is 1.99. The van der Waals surface area contributed by atoms with Crippen LogP contribution >= 0.6 is 0 Å². The summed E-state index contributed by atoms with van der Waals surface area (Å²) >= 11 is 0. The zero-order chi connectivity index (χ0) is 18.5. The van der Waals surface area contributed by atoms with E-state index in [-0.39, 0.29) is 0 Å². The van der Waals surface area contributed by atoms with Crippen LogP contribution in [0.2, 0.25) is 0 Å². The Kier molecular flexibility index (Phi) is 9.89. The Labute approximate surface area is 160 Å². The predicted octanol–water partition coefficient (Wildman–Crippen LogP) is 6.41. The van der Waals surface area contributed by atoms with Crippen molar-refractivity contribution in [1.29, 1.82) is 0 Å². The Morgan fingerprint density at radius 1 is 0.615 bits per heavy atom. The lowest BCUT2D eigenvalue weighted by atomic mass is 10.1. The van der Waals surface area contributed by atoms with Gasteiger partial charge in [0.05, 0.1) is 6.61 Å². The van der Waals surface area contributed by atoms with Crippen molar-refractivity contribution in [3.63, 3.8) is 0 Å². The van der Waals surface area contributed by atoms with Crippen LogP contribution in [0, 0.1) is 0 Å². The first-order valence-corrected chi connectivity index (χ1v) is 10.2. The molecule has 0 bridgehead atoms. The average Bonchev–Trinajstić information content (AvgIpc) is 2.67. The van der Waals surface area contributed by atoms with Crippen LogP contribution in [0.3, 0.4) is 0 Å². The fourth-order valence-electron chi connectivity index (χ4n) is 3.15. The molecular formula is C24H35NO. The van der Waals surface area contributed by atoms with Gasteiger partial charge >= 0.3 is 0 Å². The van der Waals surface area contributed by atoms with Gasteiger partial charge in [-0.1, -0.05) is 81.0 Å². The summed E-state index contributed by atoms with van der Waals surface area (Å²) < 4.78 is 5.87. The molecule has 2 heteroatoms. The highest BCUT2D eigenvalue weighted by atomic mass is 16.5. The summed E-state index contributed by atoms with van der Waals surface area (Å²) in [7, 11) is 4.30. The topological polar surface area (TPSA) is 12.5 Å². The van der Waals surface area contributed by atoms with Crippen molar-refractivity contribution >= 4 is 0 Å². The van der Waals surface area contributed by atoms with Crippen molar-refractivity contribution in [3.05, 3.63) is 54.6 Å². The largest absolute Gasteiger partial charge is 0.494 e. The summed E-state index contributed by atoms with van der Waals surface area (Å²) in [5.41, 5.74) is 2.49. The summed E-state index contributed by atoms with van der Waals surface area (Å²) in [6.07, 6.45) is 10.6. The first-order valence-electron chi connectivity index (χ1n) is 10.2. The van der Waals surface area contributed by atoms with E-state index >= 15 is 0 Å². The van der Waals surface area contributed by atoms with E-state index < -0.39 is 0 Å². The van der Waals surface area contributed by atoms with Gasteiger partial charge in [0, 0.05) is 0 Å². The molecule has 0 amide bonds. The van der Waals surface area contributed by atoms with E-state index in [1.165, 1.54) is 62.6 Å². The lowest BCUT2D eigenvalue weighted by Crippen LogP contribution is -2.12. The highest BCUT2D eigenvalue weighted by Crippen LogP contribution is 2.22. The third kappa shape index (κ3) is 8.53. The van der Waals surface area contributed by atoms with Crippen molar-refractivity contribution < 1.29 is 4.74 Å². The first kappa shape index (κ1) is 20.5. The van der Waals surface area contributed by atoms with Crippen LogP contribution in [0.5, 0.6) is 5.75 Å². The van der Waals surface area contributed by atoms with Crippen molar-refractivity contribution in [3.8, 4) is 16.9 Å². The van der Waals surface area contributed by atoms with Gasteiger partial charge in [-0.05, 0) is 56.7 Å². The number of rotatable bonds is 13. The standard InChI is InChI=1S/C24H35NO/c1-25(2)20-12-7-5-3-4-6-8-13-21-26-24-18-16-23(17-19-24)22-14-10-9-11-15-22/h9-11,14-19H,3-8,12-13,20-21H2,1-2H3. The van der Waals surface area contributed by atoms with Crippen LogP contribution in [0.1, 0.15) is 51.4 Å². The average molecular weight is 354 g/mol. The number of ether oxygens (including phenoxy) is 1. The zero-order valence-electron chi connectivity index (χ0n) is 16.6. The molecule has 0 aliphatic carbocycles. The third-order valence-corrected chi connectivity index (χ3v) is 4.73. The van der Waals surface area contributed by atoms with Crippen LogP contribution in [-0.2, 0) is 0 Å². The van der Waals surface area contributed by atoms with E-state index in [1.54, 1.807) is 0 Å². The number of unbranched alkanes of at least 4 members (excludes halogenated alkanes) is 7. The fourth-order valence-corrected chi connectivity index (χ4v) is 3.15. The zero-order valence-corrected chi connectivity index (χ0v) is 16.6. The summed E-state index contributed by atoms with van der Waals surface area (Å²) in [6, 6.07) is 18.9. The Bertz CT molecular complexity index is 577. The maximum absolute atomic E-state index is 5.87. The van der Waals surface area contributed by atoms with Crippen LogP contribution in [0.4, 0.5) is 0 Å². The molecule has 0 radical (unpaired) electrons. The number of hydrogen-bond donors (Lipinski definition) is 0. The molecule has 0 aliphatic heterocycles. The second-order valence-corrected chi connectivity index (χ2v) is 7.37. The molecule has 0 aliphatic rings. The van der Waals surface area contributed by atoms with Gasteiger partial charge in [0.2, 0.25) is 0 Å². The smallest absolute Gasteiger partial charge is 0.119 e. The molecule has 0 spiro atoms. The third-order valence-electron chi connectivity index (χ3n) is 4.73. The minimum absolute atomic E-state index is 0.827. The fraction of sp³-hybridized carbons (Fsp3) is 0.500. The van der Waals surface area contributed by atoms with E-state index in [0.29, 0.717) is 0 Å². The molecule has 142 valence electrons. The van der Waals surface area contributed by atoms with Crippen LogP contribution in [0.15, 0.2) is 54.6 Å². The predicted molar refractivity (Wildman–Crippen MR) is 113 cm³/mol. The van der Waals surface area contributed by atoms with Gasteiger partial charge in [-0.2, -0.15) is 0 Å². The van der Waals surface area contributed by atoms with Crippen LogP contribution in [-0.4, -0.2) is 32.1 Å². The minimum Gasteiger partial charge on any atom is -0.494 e. The summed E-state index contributed by atoms with van der Waals surface area (Å²) in [5, 5.41) is 0. The molecule has 0 saturated heterocycles. The Morgan fingerprint density at radius 3 is 1.77 bits per heavy atom. The highest BCUT2D eigenvalue weighted by molar-refractivity contribution is 5.63. The Hall–Kier alpha value is -1.80. The molecule has 2 rings (SSSR count). The molecule has 2 aromatic rings. The minimum atomic E-state index is 0.827.